The Balaban J connectivity index is 1.50. The van der Waals surface area contributed by atoms with E-state index in [1.165, 1.54) is 0 Å². The van der Waals surface area contributed by atoms with Gasteiger partial charge in [0, 0.05) is 0 Å². The first-order chi connectivity index (χ1) is 10.2. The van der Waals surface area contributed by atoms with Crippen LogP contribution in [-0.2, 0) is 9.63 Å². The topological polar surface area (TPSA) is 63.7 Å². The van der Waals surface area contributed by atoms with Crippen LogP contribution in [0.15, 0.2) is 24.3 Å². The Hall–Kier alpha value is -2.17. The van der Waals surface area contributed by atoms with Crippen LogP contribution in [0.3, 0.4) is 0 Å². The molecule has 3 aliphatic rings. The average Bonchev–Trinajstić information content (AvgIpc) is 3.20. The first-order valence-electron chi connectivity index (χ1n) is 7.38. The van der Waals surface area contributed by atoms with Crippen molar-refractivity contribution >= 4 is 17.8 Å². The number of carbonyl (C=O) groups excluding carboxylic acids is 3. The van der Waals surface area contributed by atoms with Gasteiger partial charge in [0.15, 0.2) is 0 Å². The number of hydrogen-bond donors (Lipinski definition) is 0. The summed E-state index contributed by atoms with van der Waals surface area (Å²) < 4.78 is 0. The summed E-state index contributed by atoms with van der Waals surface area (Å²) in [5.41, 5.74) is 0.590. The largest absolute Gasteiger partial charge is 0.336 e. The molecule has 1 aliphatic heterocycles. The molecule has 1 aromatic carbocycles. The molecule has 2 unspecified atom stereocenters. The standard InChI is InChI=1S/C16H15NO4/c18-14-11-7-3-4-8-12(11)15(19)17(14)21-16(20)13-9-5-1-2-6-10(9)13/h3-4,7-10,13H,1-2,5-6H2. The van der Waals surface area contributed by atoms with Crippen molar-refractivity contribution in [2.24, 2.45) is 17.8 Å². The van der Waals surface area contributed by atoms with Crippen molar-refractivity contribution in [3.05, 3.63) is 35.4 Å². The molecular weight excluding hydrogens is 270 g/mol. The van der Waals surface area contributed by atoms with E-state index in [0.717, 1.165) is 25.7 Å². The predicted molar refractivity (Wildman–Crippen MR) is 72.0 cm³/mol. The Bertz CT molecular complexity index is 606. The van der Waals surface area contributed by atoms with E-state index >= 15 is 0 Å². The molecule has 108 valence electrons. The van der Waals surface area contributed by atoms with Gasteiger partial charge in [-0.3, -0.25) is 9.59 Å². The number of carbonyl (C=O) groups is 3. The van der Waals surface area contributed by atoms with Crippen molar-refractivity contribution < 1.29 is 19.2 Å². The highest BCUT2D eigenvalue weighted by atomic mass is 16.7. The minimum absolute atomic E-state index is 0.128. The van der Waals surface area contributed by atoms with Gasteiger partial charge in [0.1, 0.15) is 0 Å². The second-order valence-electron chi connectivity index (χ2n) is 6.00. The highest BCUT2D eigenvalue weighted by Gasteiger charge is 2.57. The van der Waals surface area contributed by atoms with Gasteiger partial charge in [-0.2, -0.15) is 0 Å². The monoisotopic (exact) mass is 285 g/mol. The molecule has 0 N–H and O–H groups in total. The quantitative estimate of drug-likeness (QED) is 0.781. The smallest absolute Gasteiger partial charge is 0.329 e. The van der Waals surface area contributed by atoms with Gasteiger partial charge in [-0.25, -0.2) is 4.79 Å². The van der Waals surface area contributed by atoms with Crippen LogP contribution < -0.4 is 0 Å². The van der Waals surface area contributed by atoms with Gasteiger partial charge in [-0.15, -0.1) is 0 Å². The number of hydroxylamine groups is 2. The summed E-state index contributed by atoms with van der Waals surface area (Å²) in [6, 6.07) is 6.51. The van der Waals surface area contributed by atoms with Crippen LogP contribution in [0.1, 0.15) is 46.4 Å². The Morgan fingerprint density at radius 1 is 1.00 bits per heavy atom. The van der Waals surface area contributed by atoms with Crippen LogP contribution >= 0.6 is 0 Å². The van der Waals surface area contributed by atoms with Crippen LogP contribution in [-0.4, -0.2) is 22.8 Å². The van der Waals surface area contributed by atoms with E-state index in [0.29, 0.717) is 28.0 Å². The van der Waals surface area contributed by atoms with Crippen molar-refractivity contribution in [2.75, 3.05) is 0 Å². The maximum absolute atomic E-state index is 12.2. The summed E-state index contributed by atoms with van der Waals surface area (Å²) in [7, 11) is 0. The van der Waals surface area contributed by atoms with Crippen LogP contribution in [0.25, 0.3) is 0 Å². The Morgan fingerprint density at radius 2 is 1.52 bits per heavy atom. The lowest BCUT2D eigenvalue weighted by Gasteiger charge is -2.12. The number of amides is 2. The summed E-state index contributed by atoms with van der Waals surface area (Å²) in [6.07, 6.45) is 4.40. The van der Waals surface area contributed by atoms with Crippen molar-refractivity contribution in [3.8, 4) is 0 Å². The lowest BCUT2D eigenvalue weighted by molar-refractivity contribution is -0.171. The molecule has 2 amide bonds. The van der Waals surface area contributed by atoms with E-state index in [1.54, 1.807) is 24.3 Å². The molecule has 2 aliphatic carbocycles. The molecule has 2 saturated carbocycles. The highest BCUT2D eigenvalue weighted by molar-refractivity contribution is 6.20. The zero-order valence-electron chi connectivity index (χ0n) is 11.5. The van der Waals surface area contributed by atoms with Gasteiger partial charge >= 0.3 is 5.97 Å². The minimum atomic E-state index is -0.549. The predicted octanol–water partition coefficient (Wildman–Crippen LogP) is 2.18. The Kier molecular flexibility index (Phi) is 2.64. The maximum atomic E-state index is 12.2. The number of benzene rings is 1. The van der Waals surface area contributed by atoms with E-state index in [1.807, 2.05) is 0 Å². The molecule has 0 radical (unpaired) electrons. The van der Waals surface area contributed by atoms with Gasteiger partial charge < -0.3 is 4.84 Å². The van der Waals surface area contributed by atoms with Crippen molar-refractivity contribution in [3.63, 3.8) is 0 Å². The molecule has 1 aromatic rings. The number of imide groups is 1. The fourth-order valence-corrected chi connectivity index (χ4v) is 3.74. The van der Waals surface area contributed by atoms with E-state index in [9.17, 15) is 14.4 Å². The van der Waals surface area contributed by atoms with Gasteiger partial charge in [0.25, 0.3) is 11.8 Å². The summed E-state index contributed by atoms with van der Waals surface area (Å²) >= 11 is 0. The zero-order chi connectivity index (χ0) is 14.6. The second kappa shape index (κ2) is 4.41. The van der Waals surface area contributed by atoms with Crippen molar-refractivity contribution in [2.45, 2.75) is 25.7 Å². The molecule has 0 bridgehead atoms. The van der Waals surface area contributed by atoms with E-state index in [4.69, 9.17) is 4.84 Å². The molecule has 0 spiro atoms. The first-order valence-corrected chi connectivity index (χ1v) is 7.38. The van der Waals surface area contributed by atoms with Crippen LogP contribution in [0, 0.1) is 17.8 Å². The van der Waals surface area contributed by atoms with Crippen LogP contribution in [0.5, 0.6) is 0 Å². The third-order valence-corrected chi connectivity index (χ3v) is 4.87. The van der Waals surface area contributed by atoms with Gasteiger partial charge in [-0.05, 0) is 36.8 Å². The number of nitrogens with zero attached hydrogens (tertiary/aromatic N) is 1. The third-order valence-electron chi connectivity index (χ3n) is 4.87. The first kappa shape index (κ1) is 12.6. The highest BCUT2D eigenvalue weighted by Crippen LogP contribution is 2.56. The van der Waals surface area contributed by atoms with Gasteiger partial charge in [0.2, 0.25) is 0 Å². The lowest BCUT2D eigenvalue weighted by atomic mass is 10.0. The molecule has 5 heteroatoms. The van der Waals surface area contributed by atoms with E-state index in [2.05, 4.69) is 0 Å². The fraction of sp³-hybridized carbons (Fsp3) is 0.438. The molecule has 21 heavy (non-hydrogen) atoms. The Labute approximate surface area is 121 Å². The minimum Gasteiger partial charge on any atom is -0.329 e. The normalized spacial score (nSPS) is 29.9. The van der Waals surface area contributed by atoms with Crippen LogP contribution in [0.2, 0.25) is 0 Å². The number of rotatable bonds is 2. The summed E-state index contributed by atoms with van der Waals surface area (Å²) in [5, 5.41) is 0.622. The number of fused-ring (bicyclic) bond motifs is 2. The summed E-state index contributed by atoms with van der Waals surface area (Å²) in [6.45, 7) is 0. The van der Waals surface area contributed by atoms with Crippen LogP contribution in [0.4, 0.5) is 0 Å². The summed E-state index contributed by atoms with van der Waals surface area (Å²) in [5.74, 6) is -0.874. The average molecular weight is 285 g/mol. The molecule has 2 fully saturated rings. The SMILES string of the molecule is O=C(ON1C(=O)c2ccccc2C1=O)C1C2CCCCC21. The zero-order valence-corrected chi connectivity index (χ0v) is 11.5. The van der Waals surface area contributed by atoms with Gasteiger partial charge in [0.05, 0.1) is 17.0 Å². The molecule has 4 rings (SSSR count). The molecule has 2 atom stereocenters. The number of hydrogen-bond acceptors (Lipinski definition) is 4. The fourth-order valence-electron chi connectivity index (χ4n) is 3.74. The lowest BCUT2D eigenvalue weighted by Crippen LogP contribution is -2.33. The molecule has 0 aromatic heterocycles. The van der Waals surface area contributed by atoms with E-state index in [-0.39, 0.29) is 5.92 Å². The molecular formula is C16H15NO4. The molecule has 0 saturated heterocycles. The van der Waals surface area contributed by atoms with Crippen molar-refractivity contribution in [1.29, 1.82) is 0 Å². The summed E-state index contributed by atoms with van der Waals surface area (Å²) in [4.78, 5) is 41.6. The van der Waals surface area contributed by atoms with Gasteiger partial charge in [-0.1, -0.05) is 30.0 Å². The Morgan fingerprint density at radius 3 is 2.05 bits per heavy atom. The maximum Gasteiger partial charge on any atom is 0.336 e. The van der Waals surface area contributed by atoms with E-state index < -0.39 is 17.8 Å². The molecule has 5 nitrogen and oxygen atoms in total. The second-order valence-corrected chi connectivity index (χ2v) is 6.00. The molecule has 1 heterocycles. The van der Waals surface area contributed by atoms with Crippen molar-refractivity contribution in [1.82, 2.24) is 5.06 Å². The third kappa shape index (κ3) is 1.80.